The summed E-state index contributed by atoms with van der Waals surface area (Å²) in [7, 11) is 2.82. The maximum Gasteiger partial charge on any atom is 0.482 e. The van der Waals surface area contributed by atoms with Gasteiger partial charge in [-0.3, -0.25) is 19.1 Å². The predicted octanol–water partition coefficient (Wildman–Crippen LogP) is 2.75. The highest BCUT2D eigenvalue weighted by atomic mass is 19.3. The molecule has 1 amide bonds. The number of anilines is 1. The summed E-state index contributed by atoms with van der Waals surface area (Å²) in [5.41, 5.74) is -2.01. The SMILES string of the molecule is COc1ccc(CN2C(=O)C(F)(F)Oc3cc(F)c(-n4c(=O)c5cccnc5n(C)c4=O)cc32)cc1. The van der Waals surface area contributed by atoms with Crippen molar-refractivity contribution in [2.24, 2.45) is 7.05 Å². The molecule has 4 aromatic rings. The van der Waals surface area contributed by atoms with Crippen LogP contribution >= 0.6 is 0 Å². The maximum absolute atomic E-state index is 15.2. The molecule has 184 valence electrons. The Hall–Kier alpha value is -4.61. The van der Waals surface area contributed by atoms with E-state index in [4.69, 9.17) is 4.74 Å². The molecular formula is C24H17F3N4O5. The van der Waals surface area contributed by atoms with Gasteiger partial charge in [-0.1, -0.05) is 12.1 Å². The van der Waals surface area contributed by atoms with Gasteiger partial charge in [-0.15, -0.1) is 0 Å². The molecular weight excluding hydrogens is 481 g/mol. The van der Waals surface area contributed by atoms with Crippen molar-refractivity contribution in [2.75, 3.05) is 12.0 Å². The molecule has 9 nitrogen and oxygen atoms in total. The number of benzene rings is 2. The first-order chi connectivity index (χ1) is 17.1. The Morgan fingerprint density at radius 3 is 2.47 bits per heavy atom. The topological polar surface area (TPSA) is 95.7 Å². The van der Waals surface area contributed by atoms with Crippen molar-refractivity contribution in [3.63, 3.8) is 0 Å². The first-order valence-corrected chi connectivity index (χ1v) is 10.5. The van der Waals surface area contributed by atoms with Gasteiger partial charge in [0.15, 0.2) is 11.6 Å². The molecule has 2 aromatic heterocycles. The summed E-state index contributed by atoms with van der Waals surface area (Å²) in [6, 6.07) is 10.8. The van der Waals surface area contributed by atoms with Gasteiger partial charge in [0.05, 0.1) is 30.4 Å². The smallest absolute Gasteiger partial charge is 0.482 e. The predicted molar refractivity (Wildman–Crippen MR) is 122 cm³/mol. The summed E-state index contributed by atoms with van der Waals surface area (Å²) < 4.78 is 55.1. The summed E-state index contributed by atoms with van der Waals surface area (Å²) in [5, 5.41) is 0.0330. The van der Waals surface area contributed by atoms with Gasteiger partial charge >= 0.3 is 17.7 Å². The second-order valence-corrected chi connectivity index (χ2v) is 7.99. The van der Waals surface area contributed by atoms with E-state index in [1.54, 1.807) is 24.3 Å². The van der Waals surface area contributed by atoms with Crippen LogP contribution in [0.25, 0.3) is 16.7 Å². The van der Waals surface area contributed by atoms with Crippen LogP contribution < -0.4 is 25.6 Å². The zero-order valence-electron chi connectivity index (χ0n) is 18.9. The van der Waals surface area contributed by atoms with Crippen LogP contribution in [-0.2, 0) is 18.4 Å². The number of aryl methyl sites for hydroxylation is 1. The number of hydrogen-bond acceptors (Lipinski definition) is 6. The van der Waals surface area contributed by atoms with Crippen molar-refractivity contribution in [1.82, 2.24) is 14.1 Å². The fourth-order valence-corrected chi connectivity index (χ4v) is 4.01. The third-order valence-corrected chi connectivity index (χ3v) is 5.81. The van der Waals surface area contributed by atoms with Gasteiger partial charge < -0.3 is 9.47 Å². The molecule has 0 aliphatic carbocycles. The number of aromatic nitrogens is 3. The monoisotopic (exact) mass is 498 g/mol. The van der Waals surface area contributed by atoms with Crippen molar-refractivity contribution in [2.45, 2.75) is 12.7 Å². The number of methoxy groups -OCH3 is 1. The van der Waals surface area contributed by atoms with Crippen LogP contribution in [0.2, 0.25) is 0 Å². The first kappa shape index (κ1) is 23.1. The van der Waals surface area contributed by atoms with Gasteiger partial charge in [0.25, 0.3) is 5.56 Å². The van der Waals surface area contributed by atoms with E-state index in [0.29, 0.717) is 26.8 Å². The van der Waals surface area contributed by atoms with Crippen molar-refractivity contribution < 1.29 is 27.4 Å². The summed E-state index contributed by atoms with van der Waals surface area (Å²) in [5.74, 6) is -2.97. The molecule has 0 atom stereocenters. The van der Waals surface area contributed by atoms with E-state index in [9.17, 15) is 23.2 Å². The standard InChI is InChI=1S/C24H17F3N4O5/c1-29-20-15(4-3-9-28-20)21(32)31(23(29)34)17-11-18-19(10-16(17)25)36-24(26,27)22(33)30(18)12-13-5-7-14(35-2)8-6-13/h3-11H,12H2,1-2H3. The Bertz CT molecular complexity index is 1650. The van der Waals surface area contributed by atoms with Gasteiger partial charge in [-0.25, -0.2) is 18.7 Å². The second-order valence-electron chi connectivity index (χ2n) is 7.99. The highest BCUT2D eigenvalue weighted by molar-refractivity contribution is 6.01. The minimum atomic E-state index is -4.25. The molecule has 1 aliphatic heterocycles. The molecule has 5 rings (SSSR count). The Morgan fingerprint density at radius 2 is 1.78 bits per heavy atom. The average Bonchev–Trinajstić information content (AvgIpc) is 2.86. The molecule has 1 aliphatic rings. The van der Waals surface area contributed by atoms with Crippen molar-refractivity contribution >= 4 is 22.6 Å². The first-order valence-electron chi connectivity index (χ1n) is 10.5. The lowest BCUT2D eigenvalue weighted by atomic mass is 10.1. The number of amides is 1. The number of alkyl halides is 2. The number of rotatable bonds is 4. The van der Waals surface area contributed by atoms with Crippen LogP contribution in [0.3, 0.4) is 0 Å². The van der Waals surface area contributed by atoms with Gasteiger partial charge in [0, 0.05) is 19.3 Å². The third kappa shape index (κ3) is 3.58. The van der Waals surface area contributed by atoms with Crippen LogP contribution in [0.15, 0.2) is 64.3 Å². The number of pyridine rings is 1. The number of ether oxygens (including phenoxy) is 2. The fourth-order valence-electron chi connectivity index (χ4n) is 4.01. The number of fused-ring (bicyclic) bond motifs is 2. The number of nitrogens with zero attached hydrogens (tertiary/aromatic N) is 4. The number of halogens is 3. The molecule has 0 N–H and O–H groups in total. The van der Waals surface area contributed by atoms with E-state index < -0.39 is 40.5 Å². The van der Waals surface area contributed by atoms with Gasteiger partial charge in [-0.2, -0.15) is 8.78 Å². The molecule has 0 saturated carbocycles. The summed E-state index contributed by atoms with van der Waals surface area (Å²) in [4.78, 5) is 43.5. The van der Waals surface area contributed by atoms with E-state index in [1.807, 2.05) is 0 Å². The van der Waals surface area contributed by atoms with Crippen molar-refractivity contribution in [3.8, 4) is 17.2 Å². The lowest BCUT2D eigenvalue weighted by molar-refractivity contribution is -0.193. The Balaban J connectivity index is 1.71. The molecule has 0 bridgehead atoms. The van der Waals surface area contributed by atoms with Crippen molar-refractivity contribution in [1.29, 1.82) is 0 Å². The average molecular weight is 498 g/mol. The Labute approximate surface area is 200 Å². The van der Waals surface area contributed by atoms with Crippen LogP contribution in [0.1, 0.15) is 5.56 Å². The highest BCUT2D eigenvalue weighted by Crippen LogP contribution is 2.42. The molecule has 0 unspecified atom stereocenters. The van der Waals surface area contributed by atoms with Crippen LogP contribution in [-0.4, -0.2) is 33.2 Å². The van der Waals surface area contributed by atoms with E-state index in [0.717, 1.165) is 10.6 Å². The van der Waals surface area contributed by atoms with Gasteiger partial charge in [0.2, 0.25) is 0 Å². The third-order valence-electron chi connectivity index (χ3n) is 5.81. The molecule has 0 saturated heterocycles. The minimum Gasteiger partial charge on any atom is -0.497 e. The van der Waals surface area contributed by atoms with E-state index >= 15 is 4.39 Å². The number of hydrogen-bond donors (Lipinski definition) is 0. The van der Waals surface area contributed by atoms with Gasteiger partial charge in [0.1, 0.15) is 11.4 Å². The fraction of sp³-hybridized carbons (Fsp3) is 0.167. The normalized spacial score (nSPS) is 14.5. The van der Waals surface area contributed by atoms with Crippen LogP contribution in [0.5, 0.6) is 11.5 Å². The van der Waals surface area contributed by atoms with E-state index in [-0.39, 0.29) is 23.3 Å². The van der Waals surface area contributed by atoms with Crippen molar-refractivity contribution in [3.05, 3.63) is 86.9 Å². The van der Waals surface area contributed by atoms with Crippen LogP contribution in [0, 0.1) is 5.82 Å². The Morgan fingerprint density at radius 1 is 1.06 bits per heavy atom. The molecule has 36 heavy (non-hydrogen) atoms. The molecule has 0 spiro atoms. The number of carbonyl (C=O) groups excluding carboxylic acids is 1. The maximum atomic E-state index is 15.2. The van der Waals surface area contributed by atoms with E-state index in [2.05, 4.69) is 9.72 Å². The van der Waals surface area contributed by atoms with Crippen LogP contribution in [0.4, 0.5) is 18.9 Å². The quantitative estimate of drug-likeness (QED) is 0.430. The Kier molecular flexibility index (Phi) is 5.31. The zero-order valence-corrected chi connectivity index (χ0v) is 18.9. The lowest BCUT2D eigenvalue weighted by Crippen LogP contribution is -2.50. The summed E-state index contributed by atoms with van der Waals surface area (Å²) in [6.07, 6.45) is -2.86. The molecule has 0 fully saturated rings. The minimum absolute atomic E-state index is 0.0330. The number of carbonyl (C=O) groups is 1. The lowest BCUT2D eigenvalue weighted by Gasteiger charge is -2.34. The van der Waals surface area contributed by atoms with E-state index in [1.165, 1.54) is 32.5 Å². The molecule has 2 aromatic carbocycles. The van der Waals surface area contributed by atoms with Gasteiger partial charge in [-0.05, 0) is 35.9 Å². The summed E-state index contributed by atoms with van der Waals surface area (Å²) >= 11 is 0. The largest absolute Gasteiger partial charge is 0.497 e. The summed E-state index contributed by atoms with van der Waals surface area (Å²) in [6.45, 7) is -0.325. The molecule has 12 heteroatoms. The highest BCUT2D eigenvalue weighted by Gasteiger charge is 2.51. The molecule has 0 radical (unpaired) electrons. The second kappa shape index (κ2) is 8.26. The molecule has 3 heterocycles. The zero-order chi connectivity index (χ0) is 25.8.